The van der Waals surface area contributed by atoms with Crippen LogP contribution in [0, 0.1) is 23.7 Å². The van der Waals surface area contributed by atoms with Gasteiger partial charge in [-0.2, -0.15) is 0 Å². The van der Waals surface area contributed by atoms with Crippen molar-refractivity contribution in [1.29, 1.82) is 0 Å². The van der Waals surface area contributed by atoms with E-state index in [1.807, 2.05) is 0 Å². The molecule has 0 bridgehead atoms. The van der Waals surface area contributed by atoms with Crippen molar-refractivity contribution < 1.29 is 18.9 Å². The number of rotatable bonds is 29. The van der Waals surface area contributed by atoms with E-state index in [0.717, 1.165) is 72.4 Å². The number of hydrogen-bond donors (Lipinski definition) is 0. The molecule has 0 saturated heterocycles. The van der Waals surface area contributed by atoms with E-state index in [1.165, 1.54) is 141 Å². The zero-order valence-corrected chi connectivity index (χ0v) is 34.6. The minimum absolute atomic E-state index is 0.0278. The highest BCUT2D eigenvalue weighted by Crippen LogP contribution is 2.35. The van der Waals surface area contributed by atoms with E-state index in [9.17, 15) is 0 Å². The monoisotopic (exact) mass is 733 g/mol. The van der Waals surface area contributed by atoms with E-state index < -0.39 is 0 Å². The molecule has 0 unspecified atom stereocenters. The summed E-state index contributed by atoms with van der Waals surface area (Å²) in [6.07, 6.45) is 33.6. The first-order chi connectivity index (χ1) is 26.1. The number of unbranched alkanes of at least 4 members (excludes halogenated alkanes) is 8. The summed E-state index contributed by atoms with van der Waals surface area (Å²) in [7, 11) is 0. The molecule has 2 aromatic rings. The normalized spacial score (nSPS) is 21.0. The zero-order chi connectivity index (χ0) is 37.2. The predicted octanol–water partition coefficient (Wildman–Crippen LogP) is 14.5. The summed E-state index contributed by atoms with van der Waals surface area (Å²) in [6.45, 7) is 10.1. The standard InChI is InChI=1S/C49H80O4/c1-4-6-8-10-12-16-42-20-24-44(25-21-42)18-14-36-51-48-32-28-46(29-33-48)39-50-38-41(3)53-40-47-30-34-49(35-31-47)52-37-15-19-45-26-22-43(23-27-45)17-13-11-9-7-5-2/h28-35,41-45H,4-27,36-40H2,1-3H3/t41-,42?,43?,44?,45?/m1/s1. The first kappa shape index (κ1) is 43.7. The second kappa shape index (κ2) is 27.5. The fourth-order valence-corrected chi connectivity index (χ4v) is 8.81. The zero-order valence-electron chi connectivity index (χ0n) is 34.6. The van der Waals surface area contributed by atoms with Crippen LogP contribution in [0.3, 0.4) is 0 Å². The SMILES string of the molecule is CCCCCCCC1CCC(CCCOc2ccc(COC[C@@H](C)OCc3ccc(OCCCC4CCC(CCCCCCC)CC4)cc3)cc2)CC1. The summed E-state index contributed by atoms with van der Waals surface area (Å²) in [4.78, 5) is 0. The molecule has 2 aromatic carbocycles. The Hall–Kier alpha value is -2.04. The van der Waals surface area contributed by atoms with Gasteiger partial charge in [-0.1, -0.05) is 167 Å². The molecule has 4 rings (SSSR count). The summed E-state index contributed by atoms with van der Waals surface area (Å²) in [6, 6.07) is 16.8. The molecular weight excluding hydrogens is 653 g/mol. The molecule has 0 radical (unpaired) electrons. The Labute approximate surface area is 326 Å². The molecule has 300 valence electrons. The van der Waals surface area contributed by atoms with Gasteiger partial charge in [-0.15, -0.1) is 0 Å². The average Bonchev–Trinajstić information content (AvgIpc) is 3.19. The van der Waals surface area contributed by atoms with Crippen molar-refractivity contribution in [2.24, 2.45) is 23.7 Å². The van der Waals surface area contributed by atoms with E-state index in [0.29, 0.717) is 19.8 Å². The van der Waals surface area contributed by atoms with Crippen LogP contribution in [0.2, 0.25) is 0 Å². The first-order valence-electron chi connectivity index (χ1n) is 22.7. The van der Waals surface area contributed by atoms with E-state index in [1.54, 1.807) is 0 Å². The van der Waals surface area contributed by atoms with Crippen LogP contribution in [0.1, 0.15) is 186 Å². The first-order valence-corrected chi connectivity index (χ1v) is 22.7. The van der Waals surface area contributed by atoms with Crippen LogP contribution in [0.5, 0.6) is 11.5 Å². The smallest absolute Gasteiger partial charge is 0.119 e. The average molecular weight is 733 g/mol. The molecule has 0 heterocycles. The van der Waals surface area contributed by atoms with Crippen LogP contribution < -0.4 is 9.47 Å². The molecule has 2 aliphatic carbocycles. The third-order valence-corrected chi connectivity index (χ3v) is 12.4. The highest BCUT2D eigenvalue weighted by molar-refractivity contribution is 5.27. The molecule has 53 heavy (non-hydrogen) atoms. The van der Waals surface area contributed by atoms with E-state index in [2.05, 4.69) is 69.3 Å². The lowest BCUT2D eigenvalue weighted by atomic mass is 9.78. The van der Waals surface area contributed by atoms with Crippen molar-refractivity contribution in [1.82, 2.24) is 0 Å². The third-order valence-electron chi connectivity index (χ3n) is 12.4. The highest BCUT2D eigenvalue weighted by atomic mass is 16.5. The maximum absolute atomic E-state index is 6.08. The van der Waals surface area contributed by atoms with Gasteiger partial charge in [-0.25, -0.2) is 0 Å². The van der Waals surface area contributed by atoms with E-state index in [4.69, 9.17) is 18.9 Å². The van der Waals surface area contributed by atoms with Gasteiger partial charge in [0, 0.05) is 0 Å². The van der Waals surface area contributed by atoms with Crippen molar-refractivity contribution in [2.75, 3.05) is 19.8 Å². The quantitative estimate of drug-likeness (QED) is 0.0781. The lowest BCUT2D eigenvalue weighted by Gasteiger charge is -2.28. The van der Waals surface area contributed by atoms with Crippen LogP contribution in [0.25, 0.3) is 0 Å². The Kier molecular flexibility index (Phi) is 22.7. The summed E-state index contributed by atoms with van der Waals surface area (Å²) in [5, 5.41) is 0. The van der Waals surface area contributed by atoms with Crippen molar-refractivity contribution in [3.63, 3.8) is 0 Å². The lowest BCUT2D eigenvalue weighted by Crippen LogP contribution is -2.16. The van der Waals surface area contributed by atoms with Gasteiger partial charge in [0.2, 0.25) is 0 Å². The fourth-order valence-electron chi connectivity index (χ4n) is 8.81. The maximum Gasteiger partial charge on any atom is 0.119 e. The number of ether oxygens (including phenoxy) is 4. The fraction of sp³-hybridized carbons (Fsp3) is 0.755. The predicted molar refractivity (Wildman–Crippen MR) is 224 cm³/mol. The Morgan fingerprint density at radius 1 is 0.472 bits per heavy atom. The molecule has 2 fully saturated rings. The van der Waals surface area contributed by atoms with Gasteiger partial charge in [0.25, 0.3) is 0 Å². The van der Waals surface area contributed by atoms with Crippen LogP contribution in [-0.2, 0) is 22.7 Å². The summed E-state index contributed by atoms with van der Waals surface area (Å²) >= 11 is 0. The van der Waals surface area contributed by atoms with Crippen LogP contribution in [0.4, 0.5) is 0 Å². The molecule has 0 amide bonds. The van der Waals surface area contributed by atoms with Gasteiger partial charge in [-0.05, 0) is 91.7 Å². The molecule has 0 spiro atoms. The van der Waals surface area contributed by atoms with Gasteiger partial charge in [0.1, 0.15) is 11.5 Å². The summed E-state index contributed by atoms with van der Waals surface area (Å²) in [5.74, 6) is 5.75. The number of benzene rings is 2. The second-order valence-corrected chi connectivity index (χ2v) is 17.1. The van der Waals surface area contributed by atoms with Gasteiger partial charge >= 0.3 is 0 Å². The minimum Gasteiger partial charge on any atom is -0.494 e. The van der Waals surface area contributed by atoms with Gasteiger partial charge in [0.05, 0.1) is 39.1 Å². The molecule has 2 aliphatic rings. The molecular formula is C49H80O4. The molecule has 2 saturated carbocycles. The van der Waals surface area contributed by atoms with Crippen molar-refractivity contribution >= 4 is 0 Å². The van der Waals surface area contributed by atoms with E-state index >= 15 is 0 Å². The molecule has 0 aliphatic heterocycles. The maximum atomic E-state index is 6.08. The third kappa shape index (κ3) is 19.4. The molecule has 0 aromatic heterocycles. The Morgan fingerprint density at radius 2 is 0.849 bits per heavy atom. The molecule has 0 N–H and O–H groups in total. The van der Waals surface area contributed by atoms with Crippen molar-refractivity contribution in [2.45, 2.75) is 194 Å². The Bertz CT molecular complexity index is 1130. The van der Waals surface area contributed by atoms with Crippen LogP contribution in [0.15, 0.2) is 48.5 Å². The molecule has 4 heteroatoms. The summed E-state index contributed by atoms with van der Waals surface area (Å²) < 4.78 is 24.2. The number of hydrogen-bond acceptors (Lipinski definition) is 4. The lowest BCUT2D eigenvalue weighted by molar-refractivity contribution is -0.0198. The molecule has 1 atom stereocenters. The van der Waals surface area contributed by atoms with Crippen molar-refractivity contribution in [3.05, 3.63) is 59.7 Å². The van der Waals surface area contributed by atoms with E-state index in [-0.39, 0.29) is 6.10 Å². The van der Waals surface area contributed by atoms with Gasteiger partial charge < -0.3 is 18.9 Å². The largest absolute Gasteiger partial charge is 0.494 e. The second-order valence-electron chi connectivity index (χ2n) is 17.1. The van der Waals surface area contributed by atoms with Gasteiger partial charge in [0.15, 0.2) is 0 Å². The van der Waals surface area contributed by atoms with Crippen LogP contribution >= 0.6 is 0 Å². The topological polar surface area (TPSA) is 36.9 Å². The molecule has 4 nitrogen and oxygen atoms in total. The summed E-state index contributed by atoms with van der Waals surface area (Å²) in [5.41, 5.74) is 2.33. The highest BCUT2D eigenvalue weighted by Gasteiger charge is 2.21. The Morgan fingerprint density at radius 3 is 1.26 bits per heavy atom. The van der Waals surface area contributed by atoms with Gasteiger partial charge in [-0.3, -0.25) is 0 Å². The van der Waals surface area contributed by atoms with Crippen LogP contribution in [-0.4, -0.2) is 25.9 Å². The Balaban J connectivity index is 0.959. The van der Waals surface area contributed by atoms with Crippen molar-refractivity contribution in [3.8, 4) is 11.5 Å². The minimum atomic E-state index is 0.0278.